The molecule has 0 aliphatic heterocycles. The Balaban J connectivity index is 2.49. The molecule has 1 aromatic carbocycles. The summed E-state index contributed by atoms with van der Waals surface area (Å²) < 4.78 is 4.72. The van der Waals surface area contributed by atoms with E-state index in [1.165, 1.54) is 0 Å². The van der Waals surface area contributed by atoms with E-state index in [1.54, 1.807) is 38.2 Å². The fraction of sp³-hybridized carbons (Fsp3) is 0.214. The molecule has 0 amide bonds. The lowest BCUT2D eigenvalue weighted by Crippen LogP contribution is -2.18. The van der Waals surface area contributed by atoms with Crippen LogP contribution in [0.5, 0.6) is 0 Å². The second-order valence-corrected chi connectivity index (χ2v) is 3.86. The number of rotatable bonds is 3. The Kier molecular flexibility index (Phi) is 3.37. The number of hydrogen-bond acceptors (Lipinski definition) is 4. The van der Waals surface area contributed by atoms with Gasteiger partial charge in [-0.25, -0.2) is 4.79 Å². The third-order valence-corrected chi connectivity index (χ3v) is 2.76. The summed E-state index contributed by atoms with van der Waals surface area (Å²) in [7, 11) is 0. The molecule has 0 fully saturated rings. The SMILES string of the molecule is CCOC(=O)C(=O)c1ccc2ncccc2c1C. The molecule has 0 saturated heterocycles. The molecule has 0 N–H and O–H groups in total. The van der Waals surface area contributed by atoms with Crippen LogP contribution in [0.3, 0.4) is 0 Å². The van der Waals surface area contributed by atoms with Crippen LogP contribution in [0.2, 0.25) is 0 Å². The van der Waals surface area contributed by atoms with Gasteiger partial charge in [0.15, 0.2) is 0 Å². The maximum atomic E-state index is 11.9. The highest BCUT2D eigenvalue weighted by Gasteiger charge is 2.20. The maximum Gasteiger partial charge on any atom is 0.379 e. The fourth-order valence-electron chi connectivity index (χ4n) is 1.85. The largest absolute Gasteiger partial charge is 0.460 e. The molecule has 2 rings (SSSR count). The number of ether oxygens (including phenoxy) is 1. The molecule has 4 nitrogen and oxygen atoms in total. The van der Waals surface area contributed by atoms with Crippen molar-refractivity contribution in [3.05, 3.63) is 41.6 Å². The van der Waals surface area contributed by atoms with Crippen LogP contribution in [0.4, 0.5) is 0 Å². The van der Waals surface area contributed by atoms with E-state index >= 15 is 0 Å². The van der Waals surface area contributed by atoms with Gasteiger partial charge in [-0.15, -0.1) is 0 Å². The third kappa shape index (κ3) is 2.09. The zero-order valence-corrected chi connectivity index (χ0v) is 10.3. The van der Waals surface area contributed by atoms with E-state index in [-0.39, 0.29) is 6.61 Å². The summed E-state index contributed by atoms with van der Waals surface area (Å²) in [6.07, 6.45) is 1.69. The van der Waals surface area contributed by atoms with Crippen molar-refractivity contribution >= 4 is 22.7 Å². The number of carbonyl (C=O) groups excluding carboxylic acids is 2. The summed E-state index contributed by atoms with van der Waals surface area (Å²) in [5.41, 5.74) is 1.92. The minimum absolute atomic E-state index is 0.193. The highest BCUT2D eigenvalue weighted by atomic mass is 16.5. The van der Waals surface area contributed by atoms with E-state index < -0.39 is 11.8 Å². The molecule has 0 radical (unpaired) electrons. The zero-order chi connectivity index (χ0) is 13.1. The number of nitrogens with zero attached hydrogens (tertiary/aromatic N) is 1. The number of pyridine rings is 1. The molecular weight excluding hydrogens is 230 g/mol. The fourth-order valence-corrected chi connectivity index (χ4v) is 1.85. The van der Waals surface area contributed by atoms with Crippen LogP contribution in [0.25, 0.3) is 10.9 Å². The summed E-state index contributed by atoms with van der Waals surface area (Å²) in [5, 5.41) is 0.868. The normalized spacial score (nSPS) is 10.3. The standard InChI is InChI=1S/C14H13NO3/c1-3-18-14(17)13(16)11-6-7-12-10(9(11)2)5-4-8-15-12/h4-8H,3H2,1-2H3. The van der Waals surface area contributed by atoms with Crippen molar-refractivity contribution in [2.45, 2.75) is 13.8 Å². The number of aryl methyl sites for hydroxylation is 1. The van der Waals surface area contributed by atoms with Crippen LogP contribution in [0.15, 0.2) is 30.5 Å². The molecule has 0 unspecified atom stereocenters. The average Bonchev–Trinajstić information content (AvgIpc) is 2.39. The summed E-state index contributed by atoms with van der Waals surface area (Å²) in [6.45, 7) is 3.66. The number of hydrogen-bond donors (Lipinski definition) is 0. The number of carbonyl (C=O) groups is 2. The van der Waals surface area contributed by atoms with Gasteiger partial charge >= 0.3 is 5.97 Å². The van der Waals surface area contributed by atoms with Gasteiger partial charge in [0.2, 0.25) is 0 Å². The molecular formula is C14H13NO3. The highest BCUT2D eigenvalue weighted by molar-refractivity contribution is 6.41. The Hall–Kier alpha value is -2.23. The van der Waals surface area contributed by atoms with Crippen LogP contribution in [-0.2, 0) is 9.53 Å². The number of Topliss-reactive ketones (excluding diaryl/α,β-unsaturated/α-hetero) is 1. The topological polar surface area (TPSA) is 56.3 Å². The zero-order valence-electron chi connectivity index (χ0n) is 10.3. The third-order valence-electron chi connectivity index (χ3n) is 2.76. The first kappa shape index (κ1) is 12.2. The quantitative estimate of drug-likeness (QED) is 0.471. The van der Waals surface area contributed by atoms with E-state index in [1.807, 2.05) is 6.07 Å². The Bertz CT molecular complexity index is 619. The maximum absolute atomic E-state index is 11.9. The predicted octanol–water partition coefficient (Wildman–Crippen LogP) is 2.29. The monoisotopic (exact) mass is 243 g/mol. The van der Waals surface area contributed by atoms with Crippen molar-refractivity contribution in [1.29, 1.82) is 0 Å². The van der Waals surface area contributed by atoms with E-state index in [2.05, 4.69) is 4.98 Å². The Morgan fingerprint density at radius 3 is 2.78 bits per heavy atom. The van der Waals surface area contributed by atoms with Gasteiger partial charge in [0.25, 0.3) is 5.78 Å². The lowest BCUT2D eigenvalue weighted by Gasteiger charge is -2.07. The summed E-state index contributed by atoms with van der Waals surface area (Å²) in [5.74, 6) is -1.43. The molecule has 1 heterocycles. The molecule has 0 bridgehead atoms. The van der Waals surface area contributed by atoms with Gasteiger partial charge in [-0.3, -0.25) is 9.78 Å². The second kappa shape index (κ2) is 4.96. The Morgan fingerprint density at radius 2 is 2.06 bits per heavy atom. The summed E-state index contributed by atoms with van der Waals surface area (Å²) in [4.78, 5) is 27.5. The molecule has 2 aromatic rings. The van der Waals surface area contributed by atoms with Gasteiger partial charge in [-0.2, -0.15) is 0 Å². The van der Waals surface area contributed by atoms with Gasteiger partial charge in [-0.1, -0.05) is 6.07 Å². The summed E-state index contributed by atoms with van der Waals surface area (Å²) in [6, 6.07) is 7.02. The van der Waals surface area contributed by atoms with Crippen molar-refractivity contribution in [3.8, 4) is 0 Å². The van der Waals surface area contributed by atoms with Crippen LogP contribution in [0.1, 0.15) is 22.8 Å². The minimum Gasteiger partial charge on any atom is -0.460 e. The molecule has 0 saturated carbocycles. The van der Waals surface area contributed by atoms with Crippen LogP contribution in [-0.4, -0.2) is 23.3 Å². The molecule has 0 spiro atoms. The second-order valence-electron chi connectivity index (χ2n) is 3.86. The molecule has 0 aliphatic carbocycles. The van der Waals surface area contributed by atoms with Gasteiger partial charge < -0.3 is 4.74 Å². The molecule has 1 aromatic heterocycles. The molecule has 4 heteroatoms. The van der Waals surface area contributed by atoms with Crippen LogP contribution in [0, 0.1) is 6.92 Å². The first-order valence-corrected chi connectivity index (χ1v) is 5.71. The van der Waals surface area contributed by atoms with Crippen LogP contribution < -0.4 is 0 Å². The Morgan fingerprint density at radius 1 is 1.28 bits per heavy atom. The average molecular weight is 243 g/mol. The van der Waals surface area contributed by atoms with Crippen molar-refractivity contribution < 1.29 is 14.3 Å². The van der Waals surface area contributed by atoms with Gasteiger partial charge in [-0.05, 0) is 37.6 Å². The smallest absolute Gasteiger partial charge is 0.379 e. The van der Waals surface area contributed by atoms with Crippen molar-refractivity contribution in [1.82, 2.24) is 4.98 Å². The first-order chi connectivity index (χ1) is 8.65. The molecule has 0 aliphatic rings. The summed E-state index contributed by atoms with van der Waals surface area (Å²) >= 11 is 0. The molecule has 92 valence electrons. The van der Waals surface area contributed by atoms with Gasteiger partial charge in [0, 0.05) is 17.1 Å². The molecule has 18 heavy (non-hydrogen) atoms. The van der Waals surface area contributed by atoms with Crippen molar-refractivity contribution in [2.24, 2.45) is 0 Å². The van der Waals surface area contributed by atoms with Crippen molar-refractivity contribution in [2.75, 3.05) is 6.61 Å². The van der Waals surface area contributed by atoms with E-state index in [9.17, 15) is 9.59 Å². The minimum atomic E-state index is -0.816. The number of benzene rings is 1. The van der Waals surface area contributed by atoms with Gasteiger partial charge in [0.1, 0.15) is 0 Å². The van der Waals surface area contributed by atoms with E-state index in [4.69, 9.17) is 4.74 Å². The number of fused-ring (bicyclic) bond motifs is 1. The van der Waals surface area contributed by atoms with Gasteiger partial charge in [0.05, 0.1) is 12.1 Å². The lowest BCUT2D eigenvalue weighted by atomic mass is 10.00. The lowest BCUT2D eigenvalue weighted by molar-refractivity contribution is -0.137. The van der Waals surface area contributed by atoms with E-state index in [0.29, 0.717) is 5.56 Å². The highest BCUT2D eigenvalue weighted by Crippen LogP contribution is 2.20. The number of aromatic nitrogens is 1. The molecule has 0 atom stereocenters. The van der Waals surface area contributed by atoms with Crippen molar-refractivity contribution in [3.63, 3.8) is 0 Å². The number of esters is 1. The van der Waals surface area contributed by atoms with Crippen LogP contribution >= 0.6 is 0 Å². The Labute approximate surface area is 105 Å². The first-order valence-electron chi connectivity index (χ1n) is 5.71. The predicted molar refractivity (Wildman–Crippen MR) is 67.4 cm³/mol. The van der Waals surface area contributed by atoms with E-state index in [0.717, 1.165) is 16.5 Å². The number of ketones is 1.